The van der Waals surface area contributed by atoms with Crippen LogP contribution in [-0.2, 0) is 0 Å². The second kappa shape index (κ2) is 17.2. The first-order valence-electron chi connectivity index (χ1n) is 10.5. The lowest BCUT2D eigenvalue weighted by atomic mass is 10.0. The van der Waals surface area contributed by atoms with Gasteiger partial charge in [0.05, 0.1) is 13.2 Å². The monoisotopic (exact) mass is 361 g/mol. The largest absolute Gasteiger partial charge is 0.633 e. The lowest BCUT2D eigenvalue weighted by molar-refractivity contribution is -0.884. The first kappa shape index (κ1) is 24.8. The minimum absolute atomic E-state index is 0.0378. The number of nitrogens with zero attached hydrogens (tertiary/aromatic N) is 1. The number of quaternary nitrogens is 1. The molecular formula is C20H43NO4. The number of aliphatic hydroxyl groups excluding tert-OH is 3. The molecule has 0 rings (SSSR count). The first-order valence-corrected chi connectivity index (χ1v) is 10.5. The average molecular weight is 362 g/mol. The van der Waals surface area contributed by atoms with E-state index in [0.29, 0.717) is 6.42 Å². The van der Waals surface area contributed by atoms with Crippen molar-refractivity contribution in [2.24, 2.45) is 0 Å². The molecule has 0 aliphatic rings. The summed E-state index contributed by atoms with van der Waals surface area (Å²) in [6.45, 7) is 1.97. The molecule has 1 unspecified atom stereocenters. The minimum Gasteiger partial charge on any atom is -0.633 e. The van der Waals surface area contributed by atoms with Gasteiger partial charge in [0.25, 0.3) is 0 Å². The molecule has 5 nitrogen and oxygen atoms in total. The molecule has 0 aromatic heterocycles. The van der Waals surface area contributed by atoms with Crippen LogP contribution in [0, 0.1) is 5.21 Å². The van der Waals surface area contributed by atoms with Crippen LogP contribution in [0.5, 0.6) is 0 Å². The van der Waals surface area contributed by atoms with E-state index in [2.05, 4.69) is 6.92 Å². The zero-order valence-corrected chi connectivity index (χ0v) is 16.5. The van der Waals surface area contributed by atoms with Gasteiger partial charge in [-0.3, -0.25) is 0 Å². The summed E-state index contributed by atoms with van der Waals surface area (Å²) in [6, 6.07) is 0. The maximum atomic E-state index is 12.3. The highest BCUT2D eigenvalue weighted by Crippen LogP contribution is 2.14. The van der Waals surface area contributed by atoms with E-state index in [-0.39, 0.29) is 32.8 Å². The van der Waals surface area contributed by atoms with Crippen molar-refractivity contribution >= 4 is 0 Å². The van der Waals surface area contributed by atoms with Gasteiger partial charge in [0, 0.05) is 0 Å². The maximum Gasteiger partial charge on any atom is 0.105 e. The van der Waals surface area contributed by atoms with Crippen molar-refractivity contribution in [3.05, 3.63) is 5.21 Å². The Bertz CT molecular complexity index is 270. The topological polar surface area (TPSA) is 83.8 Å². The molecule has 0 heterocycles. The third-order valence-electron chi connectivity index (χ3n) is 4.95. The summed E-state index contributed by atoms with van der Waals surface area (Å²) in [4.78, 5) is 0. The Balaban J connectivity index is 3.49. The van der Waals surface area contributed by atoms with Crippen LogP contribution < -0.4 is 0 Å². The van der Waals surface area contributed by atoms with E-state index in [1.807, 2.05) is 0 Å². The molecule has 0 fully saturated rings. The number of unbranched alkanes of at least 4 members (excludes halogenated alkanes) is 11. The minimum atomic E-state index is -0.702. The molecule has 1 atom stereocenters. The van der Waals surface area contributed by atoms with E-state index in [4.69, 9.17) is 10.2 Å². The Hall–Kier alpha value is -0.200. The van der Waals surface area contributed by atoms with Gasteiger partial charge in [-0.2, -0.15) is 0 Å². The Kier molecular flexibility index (Phi) is 17.1. The van der Waals surface area contributed by atoms with Crippen molar-refractivity contribution in [2.45, 2.75) is 96.5 Å². The predicted octanol–water partition coefficient (Wildman–Crippen LogP) is 3.74. The van der Waals surface area contributed by atoms with E-state index < -0.39 is 10.8 Å². The van der Waals surface area contributed by atoms with Gasteiger partial charge >= 0.3 is 0 Å². The van der Waals surface area contributed by atoms with Gasteiger partial charge in [0.15, 0.2) is 0 Å². The van der Waals surface area contributed by atoms with Crippen LogP contribution in [0.25, 0.3) is 0 Å². The summed E-state index contributed by atoms with van der Waals surface area (Å²) in [7, 11) is 0. The van der Waals surface area contributed by atoms with Crippen molar-refractivity contribution in [2.75, 3.05) is 32.8 Å². The van der Waals surface area contributed by atoms with Gasteiger partial charge in [0.2, 0.25) is 0 Å². The fourth-order valence-electron chi connectivity index (χ4n) is 3.36. The standard InChI is InChI=1S/C20H43NO4/c1-2-3-4-5-6-7-8-9-10-11-12-13-14-20(24)19-21(25,15-17-22)16-18-23/h20,22-24H,2-19H2,1H3. The highest BCUT2D eigenvalue weighted by Gasteiger charge is 2.20. The van der Waals surface area contributed by atoms with Crippen LogP contribution in [0.15, 0.2) is 0 Å². The van der Waals surface area contributed by atoms with Gasteiger partial charge in [0.1, 0.15) is 25.7 Å². The highest BCUT2D eigenvalue weighted by molar-refractivity contribution is 4.58. The quantitative estimate of drug-likeness (QED) is 0.186. The molecule has 3 N–H and O–H groups in total. The van der Waals surface area contributed by atoms with Gasteiger partial charge in [-0.1, -0.05) is 84.0 Å². The van der Waals surface area contributed by atoms with Gasteiger partial charge < -0.3 is 25.2 Å². The van der Waals surface area contributed by atoms with Crippen molar-refractivity contribution in [1.82, 2.24) is 0 Å². The molecule has 0 aliphatic heterocycles. The van der Waals surface area contributed by atoms with Crippen LogP contribution in [0.4, 0.5) is 0 Å². The Labute approximate surface area is 155 Å². The molecule has 0 amide bonds. The lowest BCUT2D eigenvalue weighted by Crippen LogP contribution is -2.50. The molecule has 152 valence electrons. The SMILES string of the molecule is CCCCCCCCCCCCCCC(O)C[N+]([O-])(CCO)CCO. The predicted molar refractivity (Wildman–Crippen MR) is 104 cm³/mol. The van der Waals surface area contributed by atoms with Crippen molar-refractivity contribution < 1.29 is 20.0 Å². The van der Waals surface area contributed by atoms with Gasteiger partial charge in [-0.15, -0.1) is 0 Å². The van der Waals surface area contributed by atoms with Crippen molar-refractivity contribution in [1.29, 1.82) is 0 Å². The molecular weight excluding hydrogens is 318 g/mol. The number of aliphatic hydroxyl groups is 3. The van der Waals surface area contributed by atoms with Crippen molar-refractivity contribution in [3.8, 4) is 0 Å². The normalized spacial score (nSPS) is 13.3. The second-order valence-corrected chi connectivity index (χ2v) is 7.47. The van der Waals surface area contributed by atoms with Crippen LogP contribution in [-0.4, -0.2) is 58.9 Å². The maximum absolute atomic E-state index is 12.3. The number of hydroxylamine groups is 3. The smallest absolute Gasteiger partial charge is 0.105 e. The summed E-state index contributed by atoms with van der Waals surface area (Å²) in [5.41, 5.74) is 0. The molecule has 0 saturated carbocycles. The number of hydrogen-bond acceptors (Lipinski definition) is 4. The summed E-state index contributed by atoms with van der Waals surface area (Å²) in [6.07, 6.45) is 15.4. The fraction of sp³-hybridized carbons (Fsp3) is 1.00. The summed E-state index contributed by atoms with van der Waals surface area (Å²) >= 11 is 0. The zero-order chi connectivity index (χ0) is 18.8. The first-order chi connectivity index (χ1) is 12.1. The van der Waals surface area contributed by atoms with E-state index >= 15 is 0 Å². The molecule has 5 heteroatoms. The molecule has 0 bridgehead atoms. The molecule has 25 heavy (non-hydrogen) atoms. The second-order valence-electron chi connectivity index (χ2n) is 7.47. The van der Waals surface area contributed by atoms with E-state index in [1.54, 1.807) is 0 Å². The Morgan fingerprint density at radius 2 is 1.12 bits per heavy atom. The molecule has 0 spiro atoms. The molecule has 0 aromatic carbocycles. The third kappa shape index (κ3) is 15.7. The number of rotatable bonds is 19. The molecule has 0 aromatic rings. The lowest BCUT2D eigenvalue weighted by Gasteiger charge is -2.43. The zero-order valence-electron chi connectivity index (χ0n) is 16.5. The van der Waals surface area contributed by atoms with Crippen molar-refractivity contribution in [3.63, 3.8) is 0 Å². The summed E-state index contributed by atoms with van der Waals surface area (Å²) in [5.74, 6) is 0. The van der Waals surface area contributed by atoms with Crippen LogP contribution >= 0.6 is 0 Å². The van der Waals surface area contributed by atoms with Gasteiger partial charge in [-0.25, -0.2) is 0 Å². The average Bonchev–Trinajstić information content (AvgIpc) is 2.56. The third-order valence-corrected chi connectivity index (χ3v) is 4.95. The fourth-order valence-corrected chi connectivity index (χ4v) is 3.36. The van der Waals surface area contributed by atoms with E-state index in [9.17, 15) is 10.3 Å². The highest BCUT2D eigenvalue weighted by atomic mass is 16.6. The molecule has 0 saturated heterocycles. The number of hydrogen-bond donors (Lipinski definition) is 3. The molecule has 0 aliphatic carbocycles. The molecule has 0 radical (unpaired) electrons. The Morgan fingerprint density at radius 1 is 0.720 bits per heavy atom. The summed E-state index contributed by atoms with van der Waals surface area (Å²) < 4.78 is -0.702. The summed E-state index contributed by atoms with van der Waals surface area (Å²) in [5, 5.41) is 40.2. The van der Waals surface area contributed by atoms with Crippen LogP contribution in [0.1, 0.15) is 90.4 Å². The van der Waals surface area contributed by atoms with Crippen LogP contribution in [0.2, 0.25) is 0 Å². The van der Waals surface area contributed by atoms with E-state index in [0.717, 1.165) is 12.8 Å². The van der Waals surface area contributed by atoms with Gasteiger partial charge in [-0.05, 0) is 6.42 Å². The van der Waals surface area contributed by atoms with E-state index in [1.165, 1.54) is 64.2 Å². The Morgan fingerprint density at radius 3 is 1.52 bits per heavy atom. The van der Waals surface area contributed by atoms with Crippen LogP contribution in [0.3, 0.4) is 0 Å².